The van der Waals surface area contributed by atoms with Crippen molar-refractivity contribution in [3.8, 4) is 28.5 Å². The molecule has 11 aromatic rings. The van der Waals surface area contributed by atoms with Gasteiger partial charge in [-0.05, 0) is 58.7 Å². The number of para-hydroxylation sites is 2. The number of hydrogen-bond acceptors (Lipinski definition) is 4. The zero-order chi connectivity index (χ0) is 37.8. The molecule has 0 bridgehead atoms. The van der Waals surface area contributed by atoms with Gasteiger partial charge >= 0.3 is 0 Å². The van der Waals surface area contributed by atoms with Crippen molar-refractivity contribution in [3.63, 3.8) is 0 Å². The van der Waals surface area contributed by atoms with E-state index in [-0.39, 0.29) is 0 Å². The lowest BCUT2D eigenvalue weighted by atomic mass is 9.65. The Balaban J connectivity index is 1.21. The Morgan fingerprint density at radius 1 is 0.456 bits per heavy atom. The molecule has 0 atom stereocenters. The standard InChI is InChI=1S/C52H34N4O/c1-4-18-36(19-5-1)52(37-20-6-2-7-21-37,38-22-8-3-9-23-38)39-24-14-17-35(33-39)50-54-44(42-27-15-31-47-49(42)43-28-16-32-53-51(43)57-47)34-48(55-50)56-45-29-12-10-25-40(45)41-26-11-13-30-46(41)56/h1-34H. The quantitative estimate of drug-likeness (QED) is 0.153. The molecule has 5 heteroatoms. The summed E-state index contributed by atoms with van der Waals surface area (Å²) in [6.07, 6.45) is 1.76. The van der Waals surface area contributed by atoms with Crippen LogP contribution in [0.2, 0.25) is 0 Å². The summed E-state index contributed by atoms with van der Waals surface area (Å²) in [5, 5.41) is 4.26. The Bertz CT molecular complexity index is 3090. The van der Waals surface area contributed by atoms with Gasteiger partial charge in [0, 0.05) is 44.9 Å². The second-order valence-corrected chi connectivity index (χ2v) is 14.4. The lowest BCUT2D eigenvalue weighted by Crippen LogP contribution is -2.31. The molecule has 7 aromatic carbocycles. The molecule has 0 N–H and O–H groups in total. The highest BCUT2D eigenvalue weighted by molar-refractivity contribution is 6.12. The molecule has 5 nitrogen and oxygen atoms in total. The van der Waals surface area contributed by atoms with Gasteiger partial charge in [-0.2, -0.15) is 0 Å². The Morgan fingerprint density at radius 2 is 1.02 bits per heavy atom. The summed E-state index contributed by atoms with van der Waals surface area (Å²) in [4.78, 5) is 15.4. The molecular formula is C52H34N4O. The zero-order valence-electron chi connectivity index (χ0n) is 30.8. The third-order valence-corrected chi connectivity index (χ3v) is 11.2. The van der Waals surface area contributed by atoms with Gasteiger partial charge in [-0.15, -0.1) is 0 Å². The van der Waals surface area contributed by atoms with Crippen molar-refractivity contribution in [2.75, 3.05) is 0 Å². The Hall–Kier alpha value is -7.63. The lowest BCUT2D eigenvalue weighted by Gasteiger charge is -2.37. The fourth-order valence-electron chi connectivity index (χ4n) is 8.82. The Labute approximate surface area is 329 Å². The van der Waals surface area contributed by atoms with Crippen LogP contribution in [0.5, 0.6) is 0 Å². The molecule has 0 saturated heterocycles. The average Bonchev–Trinajstić information content (AvgIpc) is 3.84. The highest BCUT2D eigenvalue weighted by Gasteiger charge is 2.38. The molecule has 4 aromatic heterocycles. The summed E-state index contributed by atoms with van der Waals surface area (Å²) < 4.78 is 8.53. The first-order chi connectivity index (χ1) is 28.3. The van der Waals surface area contributed by atoms with Crippen LogP contribution < -0.4 is 0 Å². The number of rotatable bonds is 7. The fourth-order valence-corrected chi connectivity index (χ4v) is 8.82. The fraction of sp³-hybridized carbons (Fsp3) is 0.0192. The topological polar surface area (TPSA) is 56.7 Å². The van der Waals surface area contributed by atoms with Gasteiger partial charge in [0.25, 0.3) is 0 Å². The van der Waals surface area contributed by atoms with Crippen molar-refractivity contribution in [2.24, 2.45) is 0 Å². The van der Waals surface area contributed by atoms with Crippen molar-refractivity contribution in [1.29, 1.82) is 0 Å². The second kappa shape index (κ2) is 13.3. The van der Waals surface area contributed by atoms with Gasteiger partial charge in [0.2, 0.25) is 5.71 Å². The Kier molecular flexibility index (Phi) is 7.64. The van der Waals surface area contributed by atoms with E-state index in [0.717, 1.165) is 55.6 Å². The maximum atomic E-state index is 6.27. The van der Waals surface area contributed by atoms with Gasteiger partial charge < -0.3 is 4.42 Å². The van der Waals surface area contributed by atoms with E-state index in [1.54, 1.807) is 6.20 Å². The van der Waals surface area contributed by atoms with E-state index in [4.69, 9.17) is 14.4 Å². The first-order valence-electron chi connectivity index (χ1n) is 19.2. The van der Waals surface area contributed by atoms with Crippen LogP contribution in [0.1, 0.15) is 22.3 Å². The van der Waals surface area contributed by atoms with Gasteiger partial charge in [0.1, 0.15) is 11.4 Å². The van der Waals surface area contributed by atoms with Crippen LogP contribution >= 0.6 is 0 Å². The van der Waals surface area contributed by atoms with Gasteiger partial charge in [-0.25, -0.2) is 15.0 Å². The SMILES string of the molecule is c1ccc(C(c2ccccc2)(c2ccccc2)c2cccc(-c3nc(-c4cccc5oc6ncccc6c45)cc(-n4c5ccccc5c5ccccc54)n3)c2)cc1. The van der Waals surface area contributed by atoms with Crippen molar-refractivity contribution in [1.82, 2.24) is 19.5 Å². The minimum Gasteiger partial charge on any atom is -0.438 e. The zero-order valence-corrected chi connectivity index (χ0v) is 30.8. The molecule has 11 rings (SSSR count). The van der Waals surface area contributed by atoms with Crippen LogP contribution in [0.3, 0.4) is 0 Å². The van der Waals surface area contributed by atoms with Crippen LogP contribution in [0, 0.1) is 0 Å². The third kappa shape index (κ3) is 5.20. The molecule has 0 fully saturated rings. The first-order valence-corrected chi connectivity index (χ1v) is 19.2. The van der Waals surface area contributed by atoms with Crippen molar-refractivity contribution >= 4 is 43.9 Å². The van der Waals surface area contributed by atoms with Crippen LogP contribution in [0.15, 0.2) is 211 Å². The summed E-state index contributed by atoms with van der Waals surface area (Å²) >= 11 is 0. The van der Waals surface area contributed by atoms with E-state index in [2.05, 4.69) is 192 Å². The van der Waals surface area contributed by atoms with Crippen LogP contribution in [0.4, 0.5) is 0 Å². The Morgan fingerprint density at radius 3 is 1.67 bits per heavy atom. The van der Waals surface area contributed by atoms with E-state index in [1.807, 2.05) is 18.2 Å². The summed E-state index contributed by atoms with van der Waals surface area (Å²) in [6.45, 7) is 0. The predicted octanol–water partition coefficient (Wildman–Crippen LogP) is 12.6. The molecule has 57 heavy (non-hydrogen) atoms. The van der Waals surface area contributed by atoms with Crippen LogP contribution in [-0.4, -0.2) is 19.5 Å². The number of aromatic nitrogens is 4. The highest BCUT2D eigenvalue weighted by atomic mass is 16.3. The molecule has 0 unspecified atom stereocenters. The predicted molar refractivity (Wildman–Crippen MR) is 231 cm³/mol. The second-order valence-electron chi connectivity index (χ2n) is 14.4. The maximum absolute atomic E-state index is 6.27. The molecule has 0 radical (unpaired) electrons. The minimum absolute atomic E-state index is 0.601. The lowest BCUT2D eigenvalue weighted by molar-refractivity contribution is 0.654. The third-order valence-electron chi connectivity index (χ3n) is 11.2. The molecule has 0 aliphatic carbocycles. The van der Waals surface area contributed by atoms with Crippen LogP contribution in [0.25, 0.3) is 72.3 Å². The van der Waals surface area contributed by atoms with Gasteiger partial charge in [0.05, 0.1) is 22.1 Å². The van der Waals surface area contributed by atoms with Crippen molar-refractivity contribution in [3.05, 3.63) is 229 Å². The number of benzene rings is 7. The normalized spacial score (nSPS) is 11.9. The van der Waals surface area contributed by atoms with Crippen molar-refractivity contribution in [2.45, 2.75) is 5.41 Å². The molecule has 0 aliphatic rings. The summed E-state index contributed by atoms with van der Waals surface area (Å²) in [5.41, 5.74) is 10.2. The molecule has 0 saturated carbocycles. The molecule has 0 aliphatic heterocycles. The first kappa shape index (κ1) is 32.8. The summed E-state index contributed by atoms with van der Waals surface area (Å²) in [6, 6.07) is 70.5. The smallest absolute Gasteiger partial charge is 0.227 e. The number of furan rings is 1. The van der Waals surface area contributed by atoms with E-state index in [0.29, 0.717) is 11.5 Å². The van der Waals surface area contributed by atoms with E-state index < -0.39 is 5.41 Å². The monoisotopic (exact) mass is 730 g/mol. The number of nitrogens with zero attached hydrogens (tertiary/aromatic N) is 4. The number of pyridine rings is 1. The molecule has 268 valence electrons. The largest absolute Gasteiger partial charge is 0.438 e. The maximum Gasteiger partial charge on any atom is 0.227 e. The summed E-state index contributed by atoms with van der Waals surface area (Å²) in [5.74, 6) is 1.40. The molecule has 0 amide bonds. The van der Waals surface area contributed by atoms with E-state index in [1.165, 1.54) is 27.5 Å². The van der Waals surface area contributed by atoms with Gasteiger partial charge in [-0.3, -0.25) is 4.57 Å². The van der Waals surface area contributed by atoms with E-state index >= 15 is 0 Å². The molecular weight excluding hydrogens is 697 g/mol. The van der Waals surface area contributed by atoms with Crippen LogP contribution in [-0.2, 0) is 5.41 Å². The van der Waals surface area contributed by atoms with E-state index in [9.17, 15) is 0 Å². The average molecular weight is 731 g/mol. The summed E-state index contributed by atoms with van der Waals surface area (Å²) in [7, 11) is 0. The van der Waals surface area contributed by atoms with Gasteiger partial charge in [0.15, 0.2) is 5.82 Å². The van der Waals surface area contributed by atoms with Crippen molar-refractivity contribution < 1.29 is 4.42 Å². The molecule has 0 spiro atoms. The minimum atomic E-state index is -0.624. The number of hydrogen-bond donors (Lipinski definition) is 0. The highest BCUT2D eigenvalue weighted by Crippen LogP contribution is 2.46. The molecule has 4 heterocycles. The number of fused-ring (bicyclic) bond motifs is 6. The van der Waals surface area contributed by atoms with Gasteiger partial charge in [-0.1, -0.05) is 158 Å².